The number of rotatable bonds is 7. The Morgan fingerprint density at radius 3 is 2.53 bits per heavy atom. The topological polar surface area (TPSA) is 12.0 Å². The van der Waals surface area contributed by atoms with Crippen LogP contribution >= 0.6 is 11.6 Å². The van der Waals surface area contributed by atoms with Gasteiger partial charge >= 0.3 is 0 Å². The van der Waals surface area contributed by atoms with Crippen molar-refractivity contribution in [3.8, 4) is 0 Å². The third-order valence-corrected chi connectivity index (χ3v) is 3.40. The summed E-state index contributed by atoms with van der Waals surface area (Å²) in [7, 11) is 0. The second-order valence-corrected chi connectivity index (χ2v) is 5.84. The zero-order valence-electron chi connectivity index (χ0n) is 11.2. The highest BCUT2D eigenvalue weighted by Gasteiger charge is 2.19. The molecule has 0 heterocycles. The largest absolute Gasteiger partial charge is 0.317 e. The van der Waals surface area contributed by atoms with Crippen LogP contribution in [0.4, 0.5) is 0 Å². The lowest BCUT2D eigenvalue weighted by Gasteiger charge is -2.25. The minimum absolute atomic E-state index is 0.297. The van der Waals surface area contributed by atoms with Crippen LogP contribution in [0.2, 0.25) is 5.02 Å². The molecule has 0 saturated heterocycles. The van der Waals surface area contributed by atoms with Gasteiger partial charge in [-0.05, 0) is 49.4 Å². The summed E-state index contributed by atoms with van der Waals surface area (Å²) >= 11 is 6.20. The molecule has 0 aliphatic rings. The molecular formula is C15H24ClN. The summed E-state index contributed by atoms with van der Waals surface area (Å²) in [5.74, 6) is 0. The van der Waals surface area contributed by atoms with E-state index in [0.29, 0.717) is 5.41 Å². The third kappa shape index (κ3) is 5.56. The van der Waals surface area contributed by atoms with Gasteiger partial charge in [0.15, 0.2) is 0 Å². The van der Waals surface area contributed by atoms with E-state index in [4.69, 9.17) is 11.6 Å². The minimum Gasteiger partial charge on any atom is -0.317 e. The molecule has 0 aliphatic heterocycles. The van der Waals surface area contributed by atoms with Gasteiger partial charge in [-0.3, -0.25) is 0 Å². The summed E-state index contributed by atoms with van der Waals surface area (Å²) in [5, 5.41) is 4.35. The Balaban J connectivity index is 2.46. The first kappa shape index (κ1) is 14.5. The molecule has 17 heavy (non-hydrogen) atoms. The van der Waals surface area contributed by atoms with E-state index in [9.17, 15) is 0 Å². The Hall–Kier alpha value is -0.530. The van der Waals surface area contributed by atoms with Crippen molar-refractivity contribution in [2.45, 2.75) is 40.0 Å². The van der Waals surface area contributed by atoms with Gasteiger partial charge in [0, 0.05) is 5.02 Å². The van der Waals surface area contributed by atoms with Gasteiger partial charge < -0.3 is 5.32 Å². The third-order valence-electron chi connectivity index (χ3n) is 3.03. The van der Waals surface area contributed by atoms with Gasteiger partial charge in [0.05, 0.1) is 0 Å². The van der Waals surface area contributed by atoms with E-state index in [1.165, 1.54) is 18.4 Å². The molecule has 2 heteroatoms. The maximum Gasteiger partial charge on any atom is 0.0438 e. The van der Waals surface area contributed by atoms with Crippen molar-refractivity contribution in [2.24, 2.45) is 5.41 Å². The van der Waals surface area contributed by atoms with Crippen LogP contribution in [0.5, 0.6) is 0 Å². The first-order chi connectivity index (χ1) is 8.05. The molecule has 0 radical (unpaired) electrons. The average molecular weight is 254 g/mol. The summed E-state index contributed by atoms with van der Waals surface area (Å²) in [5.41, 5.74) is 1.56. The molecule has 1 aromatic carbocycles. The van der Waals surface area contributed by atoms with Crippen LogP contribution in [0.3, 0.4) is 0 Å². The zero-order valence-corrected chi connectivity index (χ0v) is 12.0. The molecule has 0 saturated carbocycles. The van der Waals surface area contributed by atoms with E-state index in [1.54, 1.807) is 0 Å². The fraction of sp³-hybridized carbons (Fsp3) is 0.600. The molecule has 0 aliphatic carbocycles. The van der Waals surface area contributed by atoms with E-state index in [-0.39, 0.29) is 0 Å². The number of halogens is 1. The van der Waals surface area contributed by atoms with E-state index >= 15 is 0 Å². The molecule has 1 nitrogen and oxygen atoms in total. The number of hydrogen-bond donors (Lipinski definition) is 1. The molecule has 0 aromatic heterocycles. The van der Waals surface area contributed by atoms with Crippen molar-refractivity contribution < 1.29 is 0 Å². The SMILES string of the molecule is CCCNCCC(C)(C)Cc1ccccc1Cl. The van der Waals surface area contributed by atoms with Crippen LogP contribution in [0.15, 0.2) is 24.3 Å². The van der Waals surface area contributed by atoms with Gasteiger partial charge in [0.25, 0.3) is 0 Å². The Bertz CT molecular complexity index is 333. The highest BCUT2D eigenvalue weighted by Crippen LogP contribution is 2.28. The maximum atomic E-state index is 6.20. The summed E-state index contributed by atoms with van der Waals surface area (Å²) in [6.07, 6.45) is 3.42. The van der Waals surface area contributed by atoms with E-state index < -0.39 is 0 Å². The molecule has 0 bridgehead atoms. The standard InChI is InChI=1S/C15H24ClN/c1-4-10-17-11-9-15(2,3)12-13-7-5-6-8-14(13)16/h5-8,17H,4,9-12H2,1-3H3. The zero-order chi connectivity index (χ0) is 12.7. The van der Waals surface area contributed by atoms with Gasteiger partial charge in [-0.15, -0.1) is 0 Å². The second-order valence-electron chi connectivity index (χ2n) is 5.43. The lowest BCUT2D eigenvalue weighted by molar-refractivity contribution is 0.326. The van der Waals surface area contributed by atoms with E-state index in [2.05, 4.69) is 38.2 Å². The molecule has 0 fully saturated rings. The number of hydrogen-bond acceptors (Lipinski definition) is 1. The van der Waals surface area contributed by atoms with Crippen LogP contribution in [-0.2, 0) is 6.42 Å². The molecular weight excluding hydrogens is 230 g/mol. The normalized spacial score (nSPS) is 11.8. The van der Waals surface area contributed by atoms with Crippen LogP contribution in [0.1, 0.15) is 39.2 Å². The van der Waals surface area contributed by atoms with Gasteiger partial charge in [-0.1, -0.05) is 50.6 Å². The molecule has 1 aromatic rings. The molecule has 1 rings (SSSR count). The smallest absolute Gasteiger partial charge is 0.0438 e. The van der Waals surface area contributed by atoms with Crippen LogP contribution < -0.4 is 5.32 Å². The minimum atomic E-state index is 0.297. The second kappa shape index (κ2) is 7.03. The number of nitrogens with one attached hydrogen (secondary N) is 1. The summed E-state index contributed by atoms with van der Waals surface area (Å²) in [6.45, 7) is 9.02. The monoisotopic (exact) mass is 253 g/mol. The first-order valence-corrected chi connectivity index (χ1v) is 6.87. The van der Waals surface area contributed by atoms with Crippen molar-refractivity contribution in [1.82, 2.24) is 5.32 Å². The van der Waals surface area contributed by atoms with Gasteiger partial charge in [-0.25, -0.2) is 0 Å². The molecule has 0 atom stereocenters. The number of benzene rings is 1. The van der Waals surface area contributed by atoms with Crippen LogP contribution in [0.25, 0.3) is 0 Å². The Labute approximate surface area is 111 Å². The molecule has 96 valence electrons. The van der Waals surface area contributed by atoms with Crippen LogP contribution in [-0.4, -0.2) is 13.1 Å². The first-order valence-electron chi connectivity index (χ1n) is 6.49. The lowest BCUT2D eigenvalue weighted by atomic mass is 9.82. The van der Waals surface area contributed by atoms with Crippen molar-refractivity contribution in [1.29, 1.82) is 0 Å². The molecule has 1 N–H and O–H groups in total. The van der Waals surface area contributed by atoms with E-state index in [0.717, 1.165) is 24.5 Å². The summed E-state index contributed by atoms with van der Waals surface area (Å²) in [6, 6.07) is 8.15. The molecule has 0 spiro atoms. The predicted octanol–water partition coefficient (Wildman–Crippen LogP) is 4.30. The van der Waals surface area contributed by atoms with Crippen molar-refractivity contribution in [3.05, 3.63) is 34.9 Å². The van der Waals surface area contributed by atoms with Crippen molar-refractivity contribution in [3.63, 3.8) is 0 Å². The predicted molar refractivity (Wildman–Crippen MR) is 76.7 cm³/mol. The average Bonchev–Trinajstić information content (AvgIpc) is 2.28. The molecule has 0 unspecified atom stereocenters. The van der Waals surface area contributed by atoms with Gasteiger partial charge in [0.2, 0.25) is 0 Å². The lowest BCUT2D eigenvalue weighted by Crippen LogP contribution is -2.24. The van der Waals surface area contributed by atoms with Gasteiger partial charge in [-0.2, -0.15) is 0 Å². The highest BCUT2D eigenvalue weighted by molar-refractivity contribution is 6.31. The highest BCUT2D eigenvalue weighted by atomic mass is 35.5. The Kier molecular flexibility index (Phi) is 6.01. The Morgan fingerprint density at radius 2 is 1.88 bits per heavy atom. The van der Waals surface area contributed by atoms with Crippen molar-refractivity contribution in [2.75, 3.05) is 13.1 Å². The maximum absolute atomic E-state index is 6.20. The van der Waals surface area contributed by atoms with E-state index in [1.807, 2.05) is 12.1 Å². The summed E-state index contributed by atoms with van der Waals surface area (Å²) < 4.78 is 0. The Morgan fingerprint density at radius 1 is 1.18 bits per heavy atom. The van der Waals surface area contributed by atoms with Crippen LogP contribution in [0, 0.1) is 5.41 Å². The van der Waals surface area contributed by atoms with Crippen molar-refractivity contribution >= 4 is 11.6 Å². The summed E-state index contributed by atoms with van der Waals surface area (Å²) in [4.78, 5) is 0. The van der Waals surface area contributed by atoms with Gasteiger partial charge in [0.1, 0.15) is 0 Å². The fourth-order valence-corrected chi connectivity index (χ4v) is 2.18. The quantitative estimate of drug-likeness (QED) is 0.715. The molecule has 0 amide bonds. The fourth-order valence-electron chi connectivity index (χ4n) is 1.97.